The van der Waals surface area contributed by atoms with E-state index in [1.165, 1.54) is 17.0 Å². The molecular formula is C16H12FN5O3S2. The highest BCUT2D eigenvalue weighted by atomic mass is 32.2. The minimum absolute atomic E-state index is 0.131. The van der Waals surface area contributed by atoms with E-state index in [-0.39, 0.29) is 21.1 Å². The third-order valence-corrected chi connectivity index (χ3v) is 5.71. The Labute approximate surface area is 158 Å². The van der Waals surface area contributed by atoms with Crippen LogP contribution in [0.25, 0.3) is 11.1 Å². The lowest BCUT2D eigenvalue weighted by molar-refractivity contribution is 0.485. The van der Waals surface area contributed by atoms with Crippen LogP contribution in [-0.2, 0) is 11.0 Å². The summed E-state index contributed by atoms with van der Waals surface area (Å²) in [5.41, 5.74) is 1.02. The lowest BCUT2D eigenvalue weighted by Gasteiger charge is -2.12. The molecule has 8 nitrogen and oxygen atoms in total. The second-order valence-corrected chi connectivity index (χ2v) is 7.50. The summed E-state index contributed by atoms with van der Waals surface area (Å²) in [5.74, 6) is -1.39. The highest BCUT2D eigenvalue weighted by Crippen LogP contribution is 2.26. The predicted molar refractivity (Wildman–Crippen MR) is 98.4 cm³/mol. The van der Waals surface area contributed by atoms with Gasteiger partial charge in [0.15, 0.2) is 16.6 Å². The van der Waals surface area contributed by atoms with Crippen molar-refractivity contribution in [3.63, 3.8) is 0 Å². The van der Waals surface area contributed by atoms with Crippen LogP contribution >= 0.6 is 11.5 Å². The smallest absolute Gasteiger partial charge is 0.408 e. The minimum Gasteiger partial charge on any atom is -0.408 e. The first-order chi connectivity index (χ1) is 13.0. The summed E-state index contributed by atoms with van der Waals surface area (Å²) >= 11 is 0.991. The summed E-state index contributed by atoms with van der Waals surface area (Å²) < 4.78 is 39.9. The van der Waals surface area contributed by atoms with E-state index in [1.54, 1.807) is 31.3 Å². The molecule has 2 atom stereocenters. The van der Waals surface area contributed by atoms with Gasteiger partial charge in [-0.1, -0.05) is 6.07 Å². The van der Waals surface area contributed by atoms with Crippen LogP contribution in [0.1, 0.15) is 18.7 Å². The molecule has 4 rings (SSSR count). The SMILES string of the molecule is CC(c1ccccn1)n1c(=O)oc2cc(S(=O)Nc3ncns3)c(F)cc21. The zero-order valence-electron chi connectivity index (χ0n) is 13.8. The molecule has 0 amide bonds. The van der Waals surface area contributed by atoms with Crippen molar-refractivity contribution in [2.24, 2.45) is 0 Å². The van der Waals surface area contributed by atoms with Gasteiger partial charge in [-0.3, -0.25) is 14.3 Å². The Morgan fingerprint density at radius 1 is 1.33 bits per heavy atom. The molecule has 0 radical (unpaired) electrons. The van der Waals surface area contributed by atoms with Crippen molar-refractivity contribution in [3.05, 3.63) is 64.9 Å². The molecule has 0 aliphatic rings. The van der Waals surface area contributed by atoms with E-state index in [2.05, 4.69) is 19.1 Å². The maximum absolute atomic E-state index is 14.6. The number of hydrogen-bond acceptors (Lipinski definition) is 7. The molecule has 138 valence electrons. The van der Waals surface area contributed by atoms with Gasteiger partial charge in [0.25, 0.3) is 0 Å². The Kier molecular flexibility index (Phi) is 4.54. The molecular weight excluding hydrogens is 393 g/mol. The molecule has 3 aromatic heterocycles. The van der Waals surface area contributed by atoms with Gasteiger partial charge in [0, 0.05) is 29.9 Å². The van der Waals surface area contributed by atoms with E-state index >= 15 is 0 Å². The summed E-state index contributed by atoms with van der Waals surface area (Å²) in [4.78, 5) is 20.3. The molecule has 2 unspecified atom stereocenters. The van der Waals surface area contributed by atoms with Crippen LogP contribution in [0.15, 0.2) is 57.0 Å². The monoisotopic (exact) mass is 405 g/mol. The van der Waals surface area contributed by atoms with Crippen molar-refractivity contribution in [2.75, 3.05) is 4.72 Å². The van der Waals surface area contributed by atoms with Gasteiger partial charge in [-0.15, -0.1) is 0 Å². The van der Waals surface area contributed by atoms with Gasteiger partial charge in [0.2, 0.25) is 5.13 Å². The highest BCUT2D eigenvalue weighted by molar-refractivity contribution is 7.86. The second kappa shape index (κ2) is 7.00. The fraction of sp³-hybridized carbons (Fsp3) is 0.125. The average Bonchev–Trinajstić information content (AvgIpc) is 3.28. The number of rotatable bonds is 5. The maximum atomic E-state index is 14.6. The number of oxazole rings is 1. The quantitative estimate of drug-likeness (QED) is 0.548. The number of nitrogens with one attached hydrogen (secondary N) is 1. The molecule has 11 heteroatoms. The van der Waals surface area contributed by atoms with E-state index in [4.69, 9.17) is 4.42 Å². The van der Waals surface area contributed by atoms with Crippen molar-refractivity contribution in [2.45, 2.75) is 17.9 Å². The van der Waals surface area contributed by atoms with Crippen LogP contribution < -0.4 is 10.5 Å². The van der Waals surface area contributed by atoms with E-state index in [9.17, 15) is 13.4 Å². The summed E-state index contributed by atoms with van der Waals surface area (Å²) in [6.45, 7) is 1.76. The third-order valence-electron chi connectivity index (χ3n) is 3.91. The van der Waals surface area contributed by atoms with E-state index in [0.29, 0.717) is 5.69 Å². The second-order valence-electron chi connectivity index (χ2n) is 5.54. The van der Waals surface area contributed by atoms with Crippen LogP contribution in [-0.4, -0.2) is 23.1 Å². The van der Waals surface area contributed by atoms with Crippen LogP contribution in [0.3, 0.4) is 0 Å². The maximum Gasteiger partial charge on any atom is 0.420 e. The first-order valence-corrected chi connectivity index (χ1v) is 9.67. The molecule has 0 aliphatic carbocycles. The lowest BCUT2D eigenvalue weighted by atomic mass is 10.2. The van der Waals surface area contributed by atoms with Crippen molar-refractivity contribution >= 4 is 38.7 Å². The molecule has 27 heavy (non-hydrogen) atoms. The third kappa shape index (κ3) is 3.26. The molecule has 1 N–H and O–H groups in total. The zero-order chi connectivity index (χ0) is 19.0. The molecule has 0 saturated heterocycles. The van der Waals surface area contributed by atoms with Crippen molar-refractivity contribution in [1.29, 1.82) is 0 Å². The summed E-state index contributed by atoms with van der Waals surface area (Å²) in [5, 5.41) is 0.288. The number of anilines is 1. The number of aromatic nitrogens is 4. The Morgan fingerprint density at radius 2 is 2.19 bits per heavy atom. The fourth-order valence-electron chi connectivity index (χ4n) is 2.65. The minimum atomic E-state index is -1.93. The number of nitrogens with zero attached hydrogens (tertiary/aromatic N) is 4. The molecule has 0 spiro atoms. The number of pyridine rings is 1. The number of hydrogen-bond donors (Lipinski definition) is 1. The van der Waals surface area contributed by atoms with Gasteiger partial charge in [-0.05, 0) is 19.1 Å². The van der Waals surface area contributed by atoms with E-state index in [0.717, 1.165) is 17.6 Å². The standard InChI is InChI=1S/C16H12FN5O3S2/c1-9(11-4-2-3-5-18-11)22-12-6-10(17)14(7-13(12)25-16(22)23)27(24)21-15-19-8-20-26-15/h2-9H,1H3,(H,19,20,21). The normalized spacial score (nSPS) is 13.6. The molecule has 0 bridgehead atoms. The molecule has 1 aromatic carbocycles. The summed E-state index contributed by atoms with van der Waals surface area (Å²) in [7, 11) is -1.93. The van der Waals surface area contributed by atoms with E-state index < -0.39 is 28.6 Å². The van der Waals surface area contributed by atoms with Crippen molar-refractivity contribution in [3.8, 4) is 0 Å². The summed E-state index contributed by atoms with van der Waals surface area (Å²) in [6.07, 6.45) is 2.90. The fourth-order valence-corrected chi connectivity index (χ4v) is 4.09. The lowest BCUT2D eigenvalue weighted by Crippen LogP contribution is -2.20. The Morgan fingerprint density at radius 3 is 2.89 bits per heavy atom. The first kappa shape index (κ1) is 17.5. The first-order valence-electron chi connectivity index (χ1n) is 7.75. The number of benzene rings is 1. The Bertz CT molecular complexity index is 1170. The van der Waals surface area contributed by atoms with E-state index in [1.807, 2.05) is 0 Å². The van der Waals surface area contributed by atoms with Gasteiger partial charge in [0.05, 0.1) is 22.1 Å². The molecule has 0 fully saturated rings. The molecule has 0 aliphatic heterocycles. The Balaban J connectivity index is 1.76. The van der Waals surface area contributed by atoms with Crippen molar-refractivity contribution < 1.29 is 13.0 Å². The highest BCUT2D eigenvalue weighted by Gasteiger charge is 2.21. The predicted octanol–water partition coefficient (Wildman–Crippen LogP) is 2.72. The van der Waals surface area contributed by atoms with Gasteiger partial charge < -0.3 is 4.42 Å². The number of halogens is 1. The van der Waals surface area contributed by atoms with Crippen LogP contribution in [0.5, 0.6) is 0 Å². The Hall–Kier alpha value is -2.92. The van der Waals surface area contributed by atoms with Crippen LogP contribution in [0.4, 0.5) is 9.52 Å². The topological polar surface area (TPSA) is 103 Å². The van der Waals surface area contributed by atoms with Gasteiger partial charge in [-0.2, -0.15) is 4.37 Å². The number of fused-ring (bicyclic) bond motifs is 1. The molecule has 4 aromatic rings. The van der Waals surface area contributed by atoms with Gasteiger partial charge >= 0.3 is 5.76 Å². The molecule has 3 heterocycles. The van der Waals surface area contributed by atoms with Crippen LogP contribution in [0, 0.1) is 5.82 Å². The largest absolute Gasteiger partial charge is 0.420 e. The van der Waals surface area contributed by atoms with Gasteiger partial charge in [-0.25, -0.2) is 18.4 Å². The van der Waals surface area contributed by atoms with Crippen LogP contribution in [0.2, 0.25) is 0 Å². The average molecular weight is 405 g/mol. The van der Waals surface area contributed by atoms with Gasteiger partial charge in [0.1, 0.15) is 12.1 Å². The summed E-state index contributed by atoms with van der Waals surface area (Å²) in [6, 6.07) is 7.25. The van der Waals surface area contributed by atoms with Crippen molar-refractivity contribution in [1.82, 2.24) is 18.9 Å². The zero-order valence-corrected chi connectivity index (χ0v) is 15.5. The molecule has 0 saturated carbocycles.